The largest absolute Gasteiger partial charge is 0.480 e. The number of rotatable bonds is 6. The number of carbonyl (C=O) groups is 5. The summed E-state index contributed by atoms with van der Waals surface area (Å²) in [6, 6.07) is 3.35. The monoisotopic (exact) mass is 383 g/mol. The van der Waals surface area contributed by atoms with E-state index in [1.54, 1.807) is 0 Å². The third kappa shape index (κ3) is 3.44. The molecule has 1 fully saturated rings. The van der Waals surface area contributed by atoms with Crippen LogP contribution in [0.5, 0.6) is 0 Å². The van der Waals surface area contributed by atoms with Gasteiger partial charge in [-0.05, 0) is 24.6 Å². The minimum atomic E-state index is -1.06. The van der Waals surface area contributed by atoms with Gasteiger partial charge in [0.2, 0.25) is 11.8 Å². The van der Waals surface area contributed by atoms with Gasteiger partial charge in [0.25, 0.3) is 11.8 Å². The highest BCUT2D eigenvalue weighted by atomic mass is 16.4. The van der Waals surface area contributed by atoms with Crippen LogP contribution < -0.4 is 10.2 Å². The number of nitrogens with zero attached hydrogens (tertiary/aromatic N) is 2. The van der Waals surface area contributed by atoms with Crippen LogP contribution in [0, 0.1) is 12.3 Å². The van der Waals surface area contributed by atoms with Crippen LogP contribution in [0.3, 0.4) is 0 Å². The van der Waals surface area contributed by atoms with Gasteiger partial charge in [0, 0.05) is 25.1 Å². The standard InChI is InChI=1S/C19H17N3O6/c1-2-3-8-21(10-16(24)25)11-4-5-12-13(9-11)19(28)22(18(12)27)14-6-7-15(23)20-17(14)26/h1,4-5,9,14H,3,6-8,10H2,(H,24,25)(H,20,23,26). The van der Waals surface area contributed by atoms with Crippen LogP contribution in [-0.4, -0.2) is 58.7 Å². The van der Waals surface area contributed by atoms with Crippen molar-refractivity contribution in [2.75, 3.05) is 18.0 Å². The molecule has 0 radical (unpaired) electrons. The van der Waals surface area contributed by atoms with Crippen LogP contribution in [0.1, 0.15) is 40.0 Å². The lowest BCUT2D eigenvalue weighted by atomic mass is 10.0. The van der Waals surface area contributed by atoms with Crippen molar-refractivity contribution in [3.8, 4) is 12.3 Å². The summed E-state index contributed by atoms with van der Waals surface area (Å²) in [7, 11) is 0. The second-order valence-corrected chi connectivity index (χ2v) is 6.45. The molecule has 2 aliphatic rings. The van der Waals surface area contributed by atoms with Crippen LogP contribution in [0.15, 0.2) is 18.2 Å². The molecule has 9 nitrogen and oxygen atoms in total. The van der Waals surface area contributed by atoms with E-state index in [4.69, 9.17) is 11.5 Å². The molecule has 0 aromatic heterocycles. The molecule has 28 heavy (non-hydrogen) atoms. The maximum atomic E-state index is 12.8. The maximum Gasteiger partial charge on any atom is 0.323 e. The highest BCUT2D eigenvalue weighted by molar-refractivity contribution is 6.23. The second kappa shape index (κ2) is 7.52. The van der Waals surface area contributed by atoms with Gasteiger partial charge in [-0.15, -0.1) is 12.3 Å². The fourth-order valence-corrected chi connectivity index (χ4v) is 3.32. The summed E-state index contributed by atoms with van der Waals surface area (Å²) in [6.45, 7) is -0.0555. The Balaban J connectivity index is 1.90. The van der Waals surface area contributed by atoms with E-state index in [-0.39, 0.29) is 37.1 Å². The Morgan fingerprint density at radius 2 is 1.96 bits per heavy atom. The number of hydrogen-bond acceptors (Lipinski definition) is 6. The Hall–Kier alpha value is -3.67. The zero-order valence-corrected chi connectivity index (χ0v) is 14.8. The van der Waals surface area contributed by atoms with Crippen molar-refractivity contribution in [3.05, 3.63) is 29.3 Å². The number of aliphatic carboxylic acids is 1. The number of piperidine rings is 1. The van der Waals surface area contributed by atoms with Crippen LogP contribution in [0.2, 0.25) is 0 Å². The van der Waals surface area contributed by atoms with Gasteiger partial charge in [-0.1, -0.05) is 0 Å². The third-order valence-electron chi connectivity index (χ3n) is 4.64. The number of anilines is 1. The van der Waals surface area contributed by atoms with Crippen molar-refractivity contribution < 1.29 is 29.1 Å². The number of fused-ring (bicyclic) bond motifs is 1. The average molecular weight is 383 g/mol. The fraction of sp³-hybridized carbons (Fsp3) is 0.316. The molecule has 2 aliphatic heterocycles. The lowest BCUT2D eigenvalue weighted by Crippen LogP contribution is -2.54. The topological polar surface area (TPSA) is 124 Å². The van der Waals surface area contributed by atoms with Crippen LogP contribution in [0.25, 0.3) is 0 Å². The summed E-state index contributed by atoms with van der Waals surface area (Å²) in [6.07, 6.45) is 5.65. The highest BCUT2D eigenvalue weighted by Gasteiger charge is 2.44. The molecular weight excluding hydrogens is 366 g/mol. The molecule has 1 aromatic rings. The van der Waals surface area contributed by atoms with Gasteiger partial charge in [0.15, 0.2) is 0 Å². The summed E-state index contributed by atoms with van der Waals surface area (Å²) in [5.41, 5.74) is 0.650. The summed E-state index contributed by atoms with van der Waals surface area (Å²) < 4.78 is 0. The molecule has 1 unspecified atom stereocenters. The Labute approximate surface area is 160 Å². The maximum absolute atomic E-state index is 12.8. The van der Waals surface area contributed by atoms with E-state index in [9.17, 15) is 24.0 Å². The summed E-state index contributed by atoms with van der Waals surface area (Å²) in [5, 5.41) is 11.2. The van der Waals surface area contributed by atoms with Gasteiger partial charge in [-0.2, -0.15) is 0 Å². The molecule has 4 amide bonds. The predicted octanol–water partition coefficient (Wildman–Crippen LogP) is 0.00210. The summed E-state index contributed by atoms with van der Waals surface area (Å²) in [5.74, 6) is -1.03. The molecule has 1 saturated heterocycles. The summed E-state index contributed by atoms with van der Waals surface area (Å²) >= 11 is 0. The van der Waals surface area contributed by atoms with Gasteiger partial charge in [-0.3, -0.25) is 34.2 Å². The second-order valence-electron chi connectivity index (χ2n) is 6.45. The first-order valence-corrected chi connectivity index (χ1v) is 8.59. The number of carbonyl (C=O) groups excluding carboxylic acids is 4. The lowest BCUT2D eigenvalue weighted by Gasteiger charge is -2.27. The van der Waals surface area contributed by atoms with Crippen molar-refractivity contribution in [3.63, 3.8) is 0 Å². The first-order valence-electron chi connectivity index (χ1n) is 8.59. The van der Waals surface area contributed by atoms with Gasteiger partial charge in [0.1, 0.15) is 12.6 Å². The minimum absolute atomic E-state index is 0.0353. The molecule has 0 bridgehead atoms. The van der Waals surface area contributed by atoms with Crippen LogP contribution >= 0.6 is 0 Å². The van der Waals surface area contributed by atoms with Crippen LogP contribution in [0.4, 0.5) is 5.69 Å². The molecule has 144 valence electrons. The molecule has 2 heterocycles. The zero-order valence-electron chi connectivity index (χ0n) is 14.8. The first-order chi connectivity index (χ1) is 13.3. The van der Waals surface area contributed by atoms with Crippen molar-refractivity contribution in [2.24, 2.45) is 0 Å². The molecular formula is C19H17N3O6. The Morgan fingerprint density at radius 1 is 1.25 bits per heavy atom. The molecule has 1 atom stereocenters. The van der Waals surface area contributed by atoms with Gasteiger partial charge in [-0.25, -0.2) is 0 Å². The average Bonchev–Trinajstić information content (AvgIpc) is 2.89. The highest BCUT2D eigenvalue weighted by Crippen LogP contribution is 2.30. The van der Waals surface area contributed by atoms with E-state index >= 15 is 0 Å². The Bertz CT molecular complexity index is 932. The number of nitrogens with one attached hydrogen (secondary N) is 1. The number of hydrogen-bond donors (Lipinski definition) is 2. The quantitative estimate of drug-likeness (QED) is 0.523. The lowest BCUT2D eigenvalue weighted by molar-refractivity contribution is -0.137. The number of imide groups is 2. The number of carboxylic acids is 1. The van der Waals surface area contributed by atoms with Crippen molar-refractivity contribution in [1.82, 2.24) is 10.2 Å². The first kappa shape index (κ1) is 19.1. The minimum Gasteiger partial charge on any atom is -0.480 e. The van der Waals surface area contributed by atoms with E-state index in [0.29, 0.717) is 12.1 Å². The predicted molar refractivity (Wildman–Crippen MR) is 96.4 cm³/mol. The molecule has 0 aliphatic carbocycles. The van der Waals surface area contributed by atoms with E-state index in [0.717, 1.165) is 4.90 Å². The number of terminal acetylenes is 1. The van der Waals surface area contributed by atoms with Crippen molar-refractivity contribution >= 4 is 35.3 Å². The summed E-state index contributed by atoms with van der Waals surface area (Å²) in [4.78, 5) is 62.4. The molecule has 3 rings (SSSR count). The fourth-order valence-electron chi connectivity index (χ4n) is 3.32. The Morgan fingerprint density at radius 3 is 2.61 bits per heavy atom. The normalized spacial score (nSPS) is 18.5. The molecule has 0 spiro atoms. The SMILES string of the molecule is C#CCCN(CC(=O)O)c1ccc2c(c1)C(=O)N(C1CCC(=O)NC1=O)C2=O. The zero-order chi connectivity index (χ0) is 20.4. The number of carboxylic acid groups (broad SMARTS) is 1. The number of benzene rings is 1. The van der Waals surface area contributed by atoms with Crippen molar-refractivity contribution in [1.29, 1.82) is 0 Å². The van der Waals surface area contributed by atoms with E-state index in [1.807, 2.05) is 0 Å². The van der Waals surface area contributed by atoms with E-state index in [1.165, 1.54) is 23.1 Å². The smallest absolute Gasteiger partial charge is 0.323 e. The van der Waals surface area contributed by atoms with Crippen LogP contribution in [-0.2, 0) is 14.4 Å². The van der Waals surface area contributed by atoms with Gasteiger partial charge < -0.3 is 10.0 Å². The number of amides is 4. The molecule has 0 saturated carbocycles. The van der Waals surface area contributed by atoms with Gasteiger partial charge >= 0.3 is 5.97 Å². The third-order valence-corrected chi connectivity index (χ3v) is 4.64. The molecule has 2 N–H and O–H groups in total. The molecule has 1 aromatic carbocycles. The van der Waals surface area contributed by atoms with Crippen molar-refractivity contribution in [2.45, 2.75) is 25.3 Å². The van der Waals surface area contributed by atoms with Gasteiger partial charge in [0.05, 0.1) is 11.1 Å². The molecule has 9 heteroatoms. The van der Waals surface area contributed by atoms with E-state index < -0.39 is 35.6 Å². The Kier molecular flexibility index (Phi) is 5.13. The van der Waals surface area contributed by atoms with E-state index in [2.05, 4.69) is 11.2 Å².